The molecule has 3 nitrogen and oxygen atoms in total. The van der Waals surface area contributed by atoms with Crippen LogP contribution in [0.25, 0.3) is 0 Å². The molecule has 0 unspecified atom stereocenters. The molecule has 0 fully saturated rings. The van der Waals surface area contributed by atoms with Gasteiger partial charge in [0, 0.05) is 6.42 Å². The Hall–Kier alpha value is -0.720. The van der Waals surface area contributed by atoms with Gasteiger partial charge in [0.05, 0.1) is 12.0 Å². The van der Waals surface area contributed by atoms with Gasteiger partial charge in [0.15, 0.2) is 0 Å². The average molecular weight is 260 g/mol. The third-order valence-electron chi connectivity index (χ3n) is 1.72. The van der Waals surface area contributed by atoms with Crippen molar-refractivity contribution in [3.8, 4) is 0 Å². The van der Waals surface area contributed by atoms with E-state index in [1.165, 1.54) is 0 Å². The average Bonchev–Trinajstić information content (AvgIpc) is 2.12. The highest BCUT2D eigenvalue weighted by atomic mass is 32.2. The zero-order valence-corrected chi connectivity index (χ0v) is 9.99. The van der Waals surface area contributed by atoms with E-state index in [1.807, 2.05) is 6.92 Å². The lowest BCUT2D eigenvalue weighted by molar-refractivity contribution is -0.0424. The van der Waals surface area contributed by atoms with Crippen molar-refractivity contribution in [1.29, 1.82) is 0 Å². The predicted octanol–water partition coefficient (Wildman–Crippen LogP) is 2.99. The zero-order valence-electron chi connectivity index (χ0n) is 9.17. The number of unbranched alkanes of at least 4 members (excludes halogenated alkanes) is 1. The van der Waals surface area contributed by atoms with Crippen LogP contribution in [0.5, 0.6) is 0 Å². The highest BCUT2D eigenvalue weighted by Gasteiger charge is 2.44. The molecule has 0 bridgehead atoms. The molecule has 0 radical (unpaired) electrons. The Kier molecular flexibility index (Phi) is 5.85. The van der Waals surface area contributed by atoms with Crippen LogP contribution in [0.15, 0.2) is 11.2 Å². The first-order valence-electron chi connectivity index (χ1n) is 4.89. The van der Waals surface area contributed by atoms with Gasteiger partial charge >= 0.3 is 5.51 Å². The maximum absolute atomic E-state index is 12.1. The van der Waals surface area contributed by atoms with Crippen molar-refractivity contribution in [2.75, 3.05) is 6.61 Å². The van der Waals surface area contributed by atoms with Crippen LogP contribution in [0.2, 0.25) is 0 Å². The third-order valence-corrected chi connectivity index (χ3v) is 2.93. The summed E-state index contributed by atoms with van der Waals surface area (Å²) >= 11 is 0. The Morgan fingerprint density at radius 3 is 2.25 bits per heavy atom. The van der Waals surface area contributed by atoms with E-state index in [1.54, 1.807) is 6.92 Å². The number of rotatable bonds is 6. The zero-order chi connectivity index (χ0) is 12.8. The molecule has 0 saturated carbocycles. The smallest absolute Gasteiger partial charge is 0.497 e. The van der Waals surface area contributed by atoms with Crippen LogP contribution in [-0.4, -0.2) is 20.5 Å². The number of ether oxygens (including phenoxy) is 1. The highest BCUT2D eigenvalue weighted by Crippen LogP contribution is 2.26. The van der Waals surface area contributed by atoms with E-state index in [0.717, 1.165) is 6.42 Å². The summed E-state index contributed by atoms with van der Waals surface area (Å²) in [5.41, 5.74) is -5.26. The molecule has 0 aromatic carbocycles. The van der Waals surface area contributed by atoms with E-state index >= 15 is 0 Å². The standard InChI is InChI=1S/C9H15F3O3S/c1-3-5-6-8(15-4-2)7-16(13,14)9(10,11)12/h7H,3-6H2,1-2H3/b8-7-. The third kappa shape index (κ3) is 4.87. The lowest BCUT2D eigenvalue weighted by atomic mass is 10.2. The largest absolute Gasteiger partial charge is 0.501 e. The first-order valence-corrected chi connectivity index (χ1v) is 6.44. The Morgan fingerprint density at radius 2 is 1.88 bits per heavy atom. The van der Waals surface area contributed by atoms with Crippen LogP contribution < -0.4 is 0 Å². The van der Waals surface area contributed by atoms with Crippen LogP contribution >= 0.6 is 0 Å². The summed E-state index contributed by atoms with van der Waals surface area (Å²) in [7, 11) is -5.24. The van der Waals surface area contributed by atoms with Gasteiger partial charge in [-0.1, -0.05) is 13.3 Å². The molecule has 0 aromatic rings. The van der Waals surface area contributed by atoms with Gasteiger partial charge in [-0.2, -0.15) is 13.2 Å². The Labute approximate surface area is 93.2 Å². The summed E-state index contributed by atoms with van der Waals surface area (Å²) < 4.78 is 62.7. The van der Waals surface area contributed by atoms with Crippen molar-refractivity contribution in [2.45, 2.75) is 38.6 Å². The normalized spacial score (nSPS) is 13.9. The Balaban J connectivity index is 4.91. The highest BCUT2D eigenvalue weighted by molar-refractivity contribution is 7.95. The minimum Gasteiger partial charge on any atom is -0.497 e. The van der Waals surface area contributed by atoms with Crippen LogP contribution in [0.4, 0.5) is 13.2 Å². The summed E-state index contributed by atoms with van der Waals surface area (Å²) in [5.74, 6) is -0.137. The van der Waals surface area contributed by atoms with E-state index in [0.29, 0.717) is 6.42 Å². The van der Waals surface area contributed by atoms with E-state index in [-0.39, 0.29) is 24.2 Å². The molecule has 0 saturated heterocycles. The molecular formula is C9H15F3O3S. The number of allylic oxidation sites excluding steroid dienone is 1. The van der Waals surface area contributed by atoms with Crippen LogP contribution in [0.3, 0.4) is 0 Å². The van der Waals surface area contributed by atoms with Crippen LogP contribution in [-0.2, 0) is 14.6 Å². The molecule has 0 aromatic heterocycles. The second-order valence-corrected chi connectivity index (χ2v) is 4.90. The van der Waals surface area contributed by atoms with Gasteiger partial charge in [0.1, 0.15) is 5.76 Å². The van der Waals surface area contributed by atoms with Gasteiger partial charge in [0.2, 0.25) is 0 Å². The first kappa shape index (κ1) is 15.3. The SMILES string of the molecule is CCCC/C(=C/S(=O)(=O)C(F)(F)F)OCC. The van der Waals surface area contributed by atoms with Crippen LogP contribution in [0.1, 0.15) is 33.1 Å². The fraction of sp³-hybridized carbons (Fsp3) is 0.778. The van der Waals surface area contributed by atoms with Gasteiger partial charge in [0.25, 0.3) is 9.84 Å². The number of alkyl halides is 3. The minimum atomic E-state index is -5.26. The number of hydrogen-bond acceptors (Lipinski definition) is 3. The molecule has 0 rings (SSSR count). The van der Waals surface area contributed by atoms with Gasteiger partial charge in [-0.25, -0.2) is 8.42 Å². The lowest BCUT2D eigenvalue weighted by Crippen LogP contribution is -2.21. The molecule has 0 spiro atoms. The number of hydrogen-bond donors (Lipinski definition) is 0. The van der Waals surface area contributed by atoms with Crippen molar-refractivity contribution in [1.82, 2.24) is 0 Å². The summed E-state index contributed by atoms with van der Waals surface area (Å²) in [4.78, 5) is 0. The molecular weight excluding hydrogens is 245 g/mol. The van der Waals surface area contributed by atoms with Gasteiger partial charge in [-0.15, -0.1) is 0 Å². The van der Waals surface area contributed by atoms with Gasteiger partial charge in [-0.3, -0.25) is 0 Å². The summed E-state index contributed by atoms with van der Waals surface area (Å²) in [5, 5.41) is 0.173. The number of sulfone groups is 1. The molecule has 0 aliphatic heterocycles. The molecule has 0 aliphatic carbocycles. The predicted molar refractivity (Wildman–Crippen MR) is 54.2 cm³/mol. The maximum atomic E-state index is 12.1. The molecule has 16 heavy (non-hydrogen) atoms. The monoisotopic (exact) mass is 260 g/mol. The molecule has 96 valence electrons. The Bertz CT molecular complexity index is 330. The van der Waals surface area contributed by atoms with Crippen molar-refractivity contribution < 1.29 is 26.3 Å². The maximum Gasteiger partial charge on any atom is 0.501 e. The second-order valence-electron chi connectivity index (χ2n) is 3.11. The second kappa shape index (κ2) is 6.12. The van der Waals surface area contributed by atoms with E-state index < -0.39 is 15.3 Å². The van der Waals surface area contributed by atoms with E-state index in [2.05, 4.69) is 0 Å². The quantitative estimate of drug-likeness (QED) is 0.689. The molecule has 0 heterocycles. The Morgan fingerprint density at radius 1 is 1.31 bits per heavy atom. The van der Waals surface area contributed by atoms with E-state index in [4.69, 9.17) is 4.74 Å². The number of halogens is 3. The van der Waals surface area contributed by atoms with Crippen molar-refractivity contribution in [2.24, 2.45) is 0 Å². The van der Waals surface area contributed by atoms with Crippen molar-refractivity contribution in [3.63, 3.8) is 0 Å². The van der Waals surface area contributed by atoms with E-state index in [9.17, 15) is 21.6 Å². The van der Waals surface area contributed by atoms with Crippen LogP contribution in [0, 0.1) is 0 Å². The summed E-state index contributed by atoms with van der Waals surface area (Å²) in [6, 6.07) is 0. The minimum absolute atomic E-state index is 0.137. The topological polar surface area (TPSA) is 43.4 Å². The fourth-order valence-corrected chi connectivity index (χ4v) is 1.61. The lowest BCUT2D eigenvalue weighted by Gasteiger charge is -2.09. The summed E-state index contributed by atoms with van der Waals surface area (Å²) in [6.07, 6.45) is 1.52. The molecule has 0 atom stereocenters. The van der Waals surface area contributed by atoms with Crippen molar-refractivity contribution in [3.05, 3.63) is 11.2 Å². The van der Waals surface area contributed by atoms with Crippen molar-refractivity contribution >= 4 is 9.84 Å². The molecule has 0 N–H and O–H groups in total. The van der Waals surface area contributed by atoms with Gasteiger partial charge in [-0.05, 0) is 13.3 Å². The van der Waals surface area contributed by atoms with Gasteiger partial charge < -0.3 is 4.74 Å². The molecule has 0 aliphatic rings. The molecule has 7 heteroatoms. The first-order chi connectivity index (χ1) is 7.24. The summed E-state index contributed by atoms with van der Waals surface area (Å²) in [6.45, 7) is 3.57. The molecule has 0 amide bonds. The fourth-order valence-electron chi connectivity index (χ4n) is 0.941.